The molecular formula is C22H34O4. The predicted octanol–water partition coefficient (Wildman–Crippen LogP) is 4.62. The second-order valence-corrected chi connectivity index (χ2v) is 10.2. The molecule has 1 saturated heterocycles. The molecule has 4 rings (SSSR count). The lowest BCUT2D eigenvalue weighted by Crippen LogP contribution is -2.67. The first-order valence-electron chi connectivity index (χ1n) is 10.3. The van der Waals surface area contributed by atoms with E-state index in [0.717, 1.165) is 25.7 Å². The Hall–Kier alpha value is -1.03. The van der Waals surface area contributed by atoms with Gasteiger partial charge >= 0.3 is 5.97 Å². The van der Waals surface area contributed by atoms with Crippen LogP contribution in [0.25, 0.3) is 0 Å². The Morgan fingerprint density at radius 1 is 1.15 bits per heavy atom. The number of hydrogen-bond acceptors (Lipinski definition) is 4. The Morgan fingerprint density at radius 3 is 2.58 bits per heavy atom. The number of carbonyl (C=O) groups excluding carboxylic acids is 1. The molecule has 6 atom stereocenters. The van der Waals surface area contributed by atoms with Crippen LogP contribution in [0.1, 0.15) is 73.1 Å². The Bertz CT molecular complexity index is 626. The molecule has 4 aliphatic rings. The second-order valence-electron chi connectivity index (χ2n) is 10.2. The first-order valence-corrected chi connectivity index (χ1v) is 10.3. The van der Waals surface area contributed by atoms with Crippen LogP contribution in [0.15, 0.2) is 12.3 Å². The van der Waals surface area contributed by atoms with Crippen LogP contribution < -0.4 is 0 Å². The highest BCUT2D eigenvalue weighted by Gasteiger charge is 2.69. The van der Waals surface area contributed by atoms with E-state index in [4.69, 9.17) is 14.2 Å². The van der Waals surface area contributed by atoms with Crippen molar-refractivity contribution in [1.82, 2.24) is 0 Å². The van der Waals surface area contributed by atoms with Gasteiger partial charge in [0.1, 0.15) is 18.3 Å². The molecule has 2 spiro atoms. The smallest absolute Gasteiger partial charge is 0.302 e. The summed E-state index contributed by atoms with van der Waals surface area (Å²) in [5.41, 5.74) is -0.268. The minimum absolute atomic E-state index is 0.00641. The number of fused-ring (bicyclic) bond motifs is 2. The largest absolute Gasteiger partial charge is 0.498 e. The Kier molecular flexibility index (Phi) is 4.04. The fourth-order valence-electron chi connectivity index (χ4n) is 7.28. The first-order chi connectivity index (χ1) is 12.1. The van der Waals surface area contributed by atoms with Crippen molar-refractivity contribution in [2.24, 2.45) is 22.7 Å². The van der Waals surface area contributed by atoms with Crippen LogP contribution in [-0.2, 0) is 19.0 Å². The first kappa shape index (κ1) is 18.3. The van der Waals surface area contributed by atoms with E-state index in [0.29, 0.717) is 18.4 Å². The number of rotatable bonds is 1. The summed E-state index contributed by atoms with van der Waals surface area (Å²) in [6, 6.07) is 0. The third-order valence-corrected chi connectivity index (χ3v) is 8.18. The zero-order chi connectivity index (χ0) is 18.8. The third kappa shape index (κ3) is 2.40. The average molecular weight is 363 g/mol. The SMILES string of the molecule is CC(=O)O[C@@H]1C[C@@H](C)[C@]2(CC[C@]3(C=COC3)O2)[C@@]2(C)CCCC(C)(C)[C@@H]12. The zero-order valence-electron chi connectivity index (χ0n) is 17.0. The Labute approximate surface area is 157 Å². The van der Waals surface area contributed by atoms with Gasteiger partial charge < -0.3 is 14.2 Å². The number of carbonyl (C=O) groups is 1. The average Bonchev–Trinajstić information content (AvgIpc) is 3.13. The molecule has 4 nitrogen and oxygen atoms in total. The monoisotopic (exact) mass is 362 g/mol. The summed E-state index contributed by atoms with van der Waals surface area (Å²) in [4.78, 5) is 11.8. The lowest BCUT2D eigenvalue weighted by molar-refractivity contribution is -0.268. The van der Waals surface area contributed by atoms with E-state index in [1.807, 2.05) is 0 Å². The molecule has 146 valence electrons. The maximum Gasteiger partial charge on any atom is 0.302 e. The molecule has 26 heavy (non-hydrogen) atoms. The topological polar surface area (TPSA) is 44.8 Å². The molecule has 0 radical (unpaired) electrons. The molecule has 2 aliphatic carbocycles. The normalized spacial score (nSPS) is 49.2. The van der Waals surface area contributed by atoms with Crippen molar-refractivity contribution in [3.05, 3.63) is 12.3 Å². The van der Waals surface area contributed by atoms with Crippen LogP contribution in [0.4, 0.5) is 0 Å². The van der Waals surface area contributed by atoms with Crippen LogP contribution in [0.3, 0.4) is 0 Å². The highest BCUT2D eigenvalue weighted by Crippen LogP contribution is 2.68. The van der Waals surface area contributed by atoms with E-state index < -0.39 is 0 Å². The minimum atomic E-state index is -0.252. The number of ether oxygens (including phenoxy) is 3. The molecule has 2 saturated carbocycles. The lowest BCUT2D eigenvalue weighted by Gasteiger charge is -2.65. The van der Waals surface area contributed by atoms with Crippen LogP contribution >= 0.6 is 0 Å². The van der Waals surface area contributed by atoms with Crippen molar-refractivity contribution >= 4 is 5.97 Å². The third-order valence-electron chi connectivity index (χ3n) is 8.18. The van der Waals surface area contributed by atoms with E-state index in [9.17, 15) is 4.79 Å². The summed E-state index contributed by atoms with van der Waals surface area (Å²) in [7, 11) is 0. The van der Waals surface area contributed by atoms with Crippen molar-refractivity contribution in [1.29, 1.82) is 0 Å². The van der Waals surface area contributed by atoms with E-state index in [-0.39, 0.29) is 34.1 Å². The summed E-state index contributed by atoms with van der Waals surface area (Å²) < 4.78 is 18.5. The van der Waals surface area contributed by atoms with Gasteiger partial charge in [0.25, 0.3) is 0 Å². The van der Waals surface area contributed by atoms with Gasteiger partial charge in [-0.15, -0.1) is 0 Å². The highest BCUT2D eigenvalue weighted by atomic mass is 16.6. The Balaban J connectivity index is 1.77. The molecular weight excluding hydrogens is 328 g/mol. The summed E-state index contributed by atoms with van der Waals surface area (Å²) >= 11 is 0. The van der Waals surface area contributed by atoms with Crippen LogP contribution in [0.2, 0.25) is 0 Å². The highest BCUT2D eigenvalue weighted by molar-refractivity contribution is 5.66. The van der Waals surface area contributed by atoms with Crippen molar-refractivity contribution < 1.29 is 19.0 Å². The van der Waals surface area contributed by atoms with E-state index in [1.165, 1.54) is 12.8 Å². The minimum Gasteiger partial charge on any atom is -0.498 e. The van der Waals surface area contributed by atoms with Gasteiger partial charge in [0.2, 0.25) is 0 Å². The lowest BCUT2D eigenvalue weighted by atomic mass is 9.43. The zero-order valence-corrected chi connectivity index (χ0v) is 17.0. The van der Waals surface area contributed by atoms with E-state index in [1.54, 1.807) is 13.2 Å². The fraction of sp³-hybridized carbons (Fsp3) is 0.864. The van der Waals surface area contributed by atoms with Crippen LogP contribution in [-0.4, -0.2) is 29.9 Å². The van der Waals surface area contributed by atoms with E-state index >= 15 is 0 Å². The molecule has 0 unspecified atom stereocenters. The van der Waals surface area contributed by atoms with Crippen LogP contribution in [0.5, 0.6) is 0 Å². The second kappa shape index (κ2) is 5.73. The molecule has 0 aromatic heterocycles. The molecule has 0 aromatic carbocycles. The molecule has 0 N–H and O–H groups in total. The summed E-state index contributed by atoms with van der Waals surface area (Å²) in [5.74, 6) is 0.526. The standard InChI is InChI=1S/C22H34O4/c1-15-13-17(25-16(2)23)18-19(3,4)7-6-8-20(18,5)22(15)10-9-21(26-22)11-12-24-14-21/h11-12,15,17-18H,6-10,13-14H2,1-5H3/t15-,17-,18-,20+,21-,22-/m1/s1. The molecule has 2 heterocycles. The van der Waals surface area contributed by atoms with Crippen molar-refractivity contribution in [2.45, 2.75) is 90.4 Å². The fourth-order valence-corrected chi connectivity index (χ4v) is 7.28. The molecule has 4 heteroatoms. The number of hydrogen-bond donors (Lipinski definition) is 0. The van der Waals surface area contributed by atoms with Gasteiger partial charge in [-0.2, -0.15) is 0 Å². The maximum atomic E-state index is 11.8. The van der Waals surface area contributed by atoms with Gasteiger partial charge in [-0.1, -0.05) is 34.1 Å². The van der Waals surface area contributed by atoms with E-state index in [2.05, 4.69) is 33.8 Å². The molecule has 0 bridgehead atoms. The quantitative estimate of drug-likeness (QED) is 0.638. The van der Waals surface area contributed by atoms with Crippen molar-refractivity contribution in [3.63, 3.8) is 0 Å². The van der Waals surface area contributed by atoms with Crippen LogP contribution in [0, 0.1) is 22.7 Å². The van der Waals surface area contributed by atoms with Gasteiger partial charge in [0, 0.05) is 18.3 Å². The maximum absolute atomic E-state index is 11.8. The van der Waals surface area contributed by atoms with Gasteiger partial charge in [-0.05, 0) is 49.5 Å². The van der Waals surface area contributed by atoms with Gasteiger partial charge in [-0.25, -0.2) is 0 Å². The van der Waals surface area contributed by atoms with Gasteiger partial charge in [0.05, 0.1) is 11.9 Å². The summed E-state index contributed by atoms with van der Waals surface area (Å²) in [5, 5.41) is 0. The summed E-state index contributed by atoms with van der Waals surface area (Å²) in [6.07, 6.45) is 10.4. The van der Waals surface area contributed by atoms with Gasteiger partial charge in [0.15, 0.2) is 0 Å². The van der Waals surface area contributed by atoms with Crippen molar-refractivity contribution in [2.75, 3.05) is 6.61 Å². The van der Waals surface area contributed by atoms with Gasteiger partial charge in [-0.3, -0.25) is 4.79 Å². The molecule has 2 aliphatic heterocycles. The summed E-state index contributed by atoms with van der Waals surface area (Å²) in [6.45, 7) is 11.6. The Morgan fingerprint density at radius 2 is 1.92 bits per heavy atom. The molecule has 0 amide bonds. The predicted molar refractivity (Wildman–Crippen MR) is 99.4 cm³/mol. The number of esters is 1. The molecule has 3 fully saturated rings. The van der Waals surface area contributed by atoms with Crippen molar-refractivity contribution in [3.8, 4) is 0 Å². The molecule has 0 aromatic rings.